The molecule has 0 saturated heterocycles. The van der Waals surface area contributed by atoms with Crippen molar-refractivity contribution in [2.24, 2.45) is 0 Å². The lowest BCUT2D eigenvalue weighted by Gasteiger charge is -2.13. The molecule has 0 saturated carbocycles. The van der Waals surface area contributed by atoms with E-state index < -0.39 is 11.8 Å². The molecular formula is C20H15Cl2NO4. The molecule has 1 heterocycles. The summed E-state index contributed by atoms with van der Waals surface area (Å²) < 4.78 is 5.50. The van der Waals surface area contributed by atoms with E-state index in [0.29, 0.717) is 32.4 Å². The molecule has 2 aromatic rings. The summed E-state index contributed by atoms with van der Waals surface area (Å²) in [6.07, 6.45) is 0. The van der Waals surface area contributed by atoms with Crippen molar-refractivity contribution in [3.8, 4) is 0 Å². The van der Waals surface area contributed by atoms with E-state index in [9.17, 15) is 14.4 Å². The van der Waals surface area contributed by atoms with Gasteiger partial charge in [0.1, 0.15) is 5.76 Å². The van der Waals surface area contributed by atoms with Gasteiger partial charge in [0.15, 0.2) is 5.78 Å². The van der Waals surface area contributed by atoms with Gasteiger partial charge in [0.2, 0.25) is 5.91 Å². The van der Waals surface area contributed by atoms with E-state index in [4.69, 9.17) is 27.9 Å². The average molecular weight is 404 g/mol. The summed E-state index contributed by atoms with van der Waals surface area (Å²) in [6, 6.07) is 9.52. The first-order valence-electron chi connectivity index (χ1n) is 7.99. The zero-order valence-electron chi connectivity index (χ0n) is 14.8. The Labute approximate surface area is 166 Å². The van der Waals surface area contributed by atoms with Crippen molar-refractivity contribution >= 4 is 57.8 Å². The topological polar surface area (TPSA) is 63.7 Å². The molecule has 138 valence electrons. The number of carbonyl (C=O) groups is 3. The molecule has 3 rings (SSSR count). The van der Waals surface area contributed by atoms with Crippen LogP contribution < -0.4 is 4.90 Å². The fourth-order valence-corrected chi connectivity index (χ4v) is 3.59. The van der Waals surface area contributed by atoms with Crippen LogP contribution in [0.5, 0.6) is 0 Å². The van der Waals surface area contributed by atoms with Crippen molar-refractivity contribution in [3.63, 3.8) is 0 Å². The summed E-state index contributed by atoms with van der Waals surface area (Å²) in [5.41, 5.74) is 1.92. The average Bonchev–Trinajstić information content (AvgIpc) is 2.86. The van der Waals surface area contributed by atoms with E-state index in [-0.39, 0.29) is 17.1 Å². The van der Waals surface area contributed by atoms with Crippen LogP contribution in [0.15, 0.2) is 36.4 Å². The highest BCUT2D eigenvalue weighted by Crippen LogP contribution is 2.42. The largest absolute Gasteiger partial charge is 0.495 e. The molecule has 0 atom stereocenters. The summed E-state index contributed by atoms with van der Waals surface area (Å²) in [7, 11) is 1.41. The lowest BCUT2D eigenvalue weighted by molar-refractivity contribution is -0.122. The van der Waals surface area contributed by atoms with Gasteiger partial charge in [-0.05, 0) is 43.3 Å². The Kier molecular flexibility index (Phi) is 5.09. The van der Waals surface area contributed by atoms with Crippen LogP contribution in [0.25, 0.3) is 11.3 Å². The molecule has 2 amide bonds. The molecule has 5 nitrogen and oxygen atoms in total. The van der Waals surface area contributed by atoms with Crippen molar-refractivity contribution in [3.05, 3.63) is 63.1 Å². The Hall–Kier alpha value is -2.63. The third kappa shape index (κ3) is 3.36. The second kappa shape index (κ2) is 7.18. The standard InChI is InChI=1S/C20H15Cl2NO4/c1-10(24)12-4-5-17-16(8-12)18(20(26)23(17)11(2)25)19(27-3)13-6-14(21)9-15(22)7-13/h4-9H,1-3H3. The molecule has 0 bridgehead atoms. The zero-order valence-corrected chi connectivity index (χ0v) is 16.3. The predicted octanol–water partition coefficient (Wildman–Crippen LogP) is 4.60. The Morgan fingerprint density at radius 2 is 1.59 bits per heavy atom. The number of hydrogen-bond donors (Lipinski definition) is 0. The van der Waals surface area contributed by atoms with Gasteiger partial charge in [0.05, 0.1) is 18.4 Å². The Morgan fingerprint density at radius 3 is 2.11 bits per heavy atom. The number of nitrogens with zero attached hydrogens (tertiary/aromatic N) is 1. The lowest BCUT2D eigenvalue weighted by atomic mass is 9.99. The van der Waals surface area contributed by atoms with Crippen LogP contribution in [0.3, 0.4) is 0 Å². The molecule has 27 heavy (non-hydrogen) atoms. The van der Waals surface area contributed by atoms with Crippen LogP contribution in [0.4, 0.5) is 5.69 Å². The minimum Gasteiger partial charge on any atom is -0.495 e. The van der Waals surface area contributed by atoms with E-state index in [2.05, 4.69) is 0 Å². The molecule has 0 radical (unpaired) electrons. The minimum atomic E-state index is -0.536. The van der Waals surface area contributed by atoms with Crippen molar-refractivity contribution in [1.82, 2.24) is 0 Å². The van der Waals surface area contributed by atoms with Crippen molar-refractivity contribution in [1.29, 1.82) is 0 Å². The second-order valence-electron chi connectivity index (χ2n) is 6.01. The van der Waals surface area contributed by atoms with Crippen LogP contribution in [0.2, 0.25) is 10.0 Å². The first-order chi connectivity index (χ1) is 12.7. The molecule has 0 N–H and O–H groups in total. The molecule has 1 aliphatic rings. The molecule has 0 fully saturated rings. The zero-order chi connectivity index (χ0) is 19.9. The van der Waals surface area contributed by atoms with Crippen LogP contribution >= 0.6 is 23.2 Å². The van der Waals surface area contributed by atoms with Crippen molar-refractivity contribution in [2.75, 3.05) is 12.0 Å². The maximum absolute atomic E-state index is 13.0. The number of fused-ring (bicyclic) bond motifs is 1. The van der Waals surface area contributed by atoms with E-state index in [0.717, 1.165) is 4.90 Å². The van der Waals surface area contributed by atoms with Crippen LogP contribution in [0, 0.1) is 0 Å². The fourth-order valence-electron chi connectivity index (χ4n) is 3.07. The molecular weight excluding hydrogens is 389 g/mol. The Morgan fingerprint density at radius 1 is 0.963 bits per heavy atom. The monoisotopic (exact) mass is 403 g/mol. The summed E-state index contributed by atoms with van der Waals surface area (Å²) in [5.74, 6) is -0.914. The third-order valence-electron chi connectivity index (χ3n) is 4.20. The minimum absolute atomic E-state index is 0.157. The van der Waals surface area contributed by atoms with Crippen LogP contribution in [-0.4, -0.2) is 24.7 Å². The maximum atomic E-state index is 13.0. The molecule has 0 aromatic heterocycles. The number of ether oxygens (including phenoxy) is 1. The number of carbonyl (C=O) groups excluding carboxylic acids is 3. The van der Waals surface area contributed by atoms with E-state index in [1.54, 1.807) is 36.4 Å². The van der Waals surface area contributed by atoms with Gasteiger partial charge in [-0.2, -0.15) is 0 Å². The van der Waals surface area contributed by atoms with Gasteiger partial charge >= 0.3 is 0 Å². The van der Waals surface area contributed by atoms with Gasteiger partial charge in [0, 0.05) is 33.7 Å². The van der Waals surface area contributed by atoms with Crippen molar-refractivity contribution in [2.45, 2.75) is 13.8 Å². The molecule has 7 heteroatoms. The highest BCUT2D eigenvalue weighted by atomic mass is 35.5. The number of anilines is 1. The summed E-state index contributed by atoms with van der Waals surface area (Å²) in [6.45, 7) is 2.73. The number of methoxy groups -OCH3 is 1. The first kappa shape index (κ1) is 19.1. The van der Waals surface area contributed by atoms with Crippen LogP contribution in [-0.2, 0) is 14.3 Å². The van der Waals surface area contributed by atoms with E-state index in [1.165, 1.54) is 21.0 Å². The van der Waals surface area contributed by atoms with Crippen molar-refractivity contribution < 1.29 is 19.1 Å². The number of ketones is 1. The van der Waals surface area contributed by atoms with Gasteiger partial charge in [-0.15, -0.1) is 0 Å². The highest BCUT2D eigenvalue weighted by Gasteiger charge is 2.38. The number of benzene rings is 2. The maximum Gasteiger partial charge on any atom is 0.269 e. The van der Waals surface area contributed by atoms with Gasteiger partial charge in [-0.25, -0.2) is 4.90 Å². The molecule has 2 aromatic carbocycles. The number of amides is 2. The highest BCUT2D eigenvalue weighted by molar-refractivity contribution is 6.43. The summed E-state index contributed by atoms with van der Waals surface area (Å²) >= 11 is 12.2. The summed E-state index contributed by atoms with van der Waals surface area (Å²) in [4.78, 5) is 38.0. The fraction of sp³-hybridized carbons (Fsp3) is 0.150. The number of halogens is 2. The first-order valence-corrected chi connectivity index (χ1v) is 8.75. The quantitative estimate of drug-likeness (QED) is 0.426. The normalized spacial score (nSPS) is 14.9. The second-order valence-corrected chi connectivity index (χ2v) is 6.89. The van der Waals surface area contributed by atoms with Gasteiger partial charge in [-0.3, -0.25) is 14.4 Å². The lowest BCUT2D eigenvalue weighted by Crippen LogP contribution is -2.31. The predicted molar refractivity (Wildman–Crippen MR) is 105 cm³/mol. The molecule has 0 spiro atoms. The molecule has 0 unspecified atom stereocenters. The van der Waals surface area contributed by atoms with Gasteiger partial charge < -0.3 is 4.74 Å². The molecule has 1 aliphatic heterocycles. The van der Waals surface area contributed by atoms with Crippen LogP contribution in [0.1, 0.15) is 35.3 Å². The van der Waals surface area contributed by atoms with E-state index in [1.807, 2.05) is 0 Å². The SMILES string of the molecule is COC(=C1C(=O)N(C(C)=O)c2ccc(C(C)=O)cc21)c1cc(Cl)cc(Cl)c1. The Bertz CT molecular complexity index is 1010. The molecule has 0 aliphatic carbocycles. The Balaban J connectivity index is 2.35. The third-order valence-corrected chi connectivity index (χ3v) is 4.64. The number of imide groups is 1. The smallest absolute Gasteiger partial charge is 0.269 e. The number of rotatable bonds is 3. The number of Topliss-reactive ketones (excluding diaryl/α,β-unsaturated/α-hetero) is 1. The summed E-state index contributed by atoms with van der Waals surface area (Å²) in [5, 5.41) is 0.749. The van der Waals surface area contributed by atoms with Gasteiger partial charge in [0.25, 0.3) is 5.91 Å². The van der Waals surface area contributed by atoms with E-state index >= 15 is 0 Å². The number of hydrogen-bond acceptors (Lipinski definition) is 4. The van der Waals surface area contributed by atoms with Gasteiger partial charge in [-0.1, -0.05) is 23.2 Å².